The Morgan fingerprint density at radius 3 is 2.70 bits per heavy atom. The van der Waals surface area contributed by atoms with Crippen LogP contribution in [-0.4, -0.2) is 48.9 Å². The first-order chi connectivity index (χ1) is 9.58. The molecule has 3 rings (SSSR count). The Balaban J connectivity index is 2.09. The van der Waals surface area contributed by atoms with Gasteiger partial charge in [-0.15, -0.1) is 11.3 Å². The van der Waals surface area contributed by atoms with E-state index >= 15 is 0 Å². The molecule has 2 aromatic heterocycles. The Kier molecular flexibility index (Phi) is 3.35. The van der Waals surface area contributed by atoms with E-state index in [-0.39, 0.29) is 5.78 Å². The molecule has 0 atom stereocenters. The fourth-order valence-electron chi connectivity index (χ4n) is 2.60. The normalized spacial score (nSPS) is 16.8. The number of rotatable bonds is 2. The van der Waals surface area contributed by atoms with Crippen LogP contribution in [0.15, 0.2) is 12.3 Å². The molecular weight excluding hydrogens is 272 g/mol. The van der Waals surface area contributed by atoms with Gasteiger partial charge in [0.05, 0.1) is 21.6 Å². The van der Waals surface area contributed by atoms with Crippen molar-refractivity contribution in [3.8, 4) is 0 Å². The average Bonchev–Trinajstić information content (AvgIpc) is 2.77. The van der Waals surface area contributed by atoms with E-state index in [9.17, 15) is 4.79 Å². The van der Waals surface area contributed by atoms with Crippen molar-refractivity contribution < 1.29 is 4.79 Å². The summed E-state index contributed by atoms with van der Waals surface area (Å²) in [5.41, 5.74) is 7.87. The molecule has 20 heavy (non-hydrogen) atoms. The maximum absolute atomic E-state index is 11.6. The van der Waals surface area contributed by atoms with Crippen LogP contribution in [-0.2, 0) is 0 Å². The van der Waals surface area contributed by atoms with Gasteiger partial charge in [-0.3, -0.25) is 4.79 Å². The minimum absolute atomic E-state index is 0.00910. The first kappa shape index (κ1) is 13.3. The van der Waals surface area contributed by atoms with Crippen molar-refractivity contribution in [2.75, 3.05) is 43.9 Å². The Bertz CT molecular complexity index is 658. The number of nitrogens with two attached hydrogens (primary N) is 1. The van der Waals surface area contributed by atoms with Crippen molar-refractivity contribution in [1.82, 2.24) is 9.88 Å². The van der Waals surface area contributed by atoms with Crippen LogP contribution in [0.4, 0.5) is 11.4 Å². The number of carbonyl (C=O) groups is 1. The standard InChI is InChI=1S/C14H18N4OS/c1-9(19)13-12(15)11-10(3-4-16-14(11)20-13)18-7-5-17(2)6-8-18/h3-4H,5-8,15H2,1-2H3. The smallest absolute Gasteiger partial charge is 0.171 e. The number of Topliss-reactive ketones (excluding diaryl/α,β-unsaturated/α-hetero) is 1. The third-order valence-corrected chi connectivity index (χ3v) is 4.99. The Labute approximate surface area is 122 Å². The zero-order valence-corrected chi connectivity index (χ0v) is 12.5. The lowest BCUT2D eigenvalue weighted by Crippen LogP contribution is -2.44. The highest BCUT2D eigenvalue weighted by Crippen LogP contribution is 2.38. The molecule has 1 fully saturated rings. The van der Waals surface area contributed by atoms with Crippen LogP contribution in [0, 0.1) is 0 Å². The monoisotopic (exact) mass is 290 g/mol. The lowest BCUT2D eigenvalue weighted by molar-refractivity contribution is 0.102. The van der Waals surface area contributed by atoms with E-state index in [4.69, 9.17) is 5.73 Å². The summed E-state index contributed by atoms with van der Waals surface area (Å²) in [6.45, 7) is 5.57. The predicted molar refractivity (Wildman–Crippen MR) is 83.7 cm³/mol. The minimum atomic E-state index is 0.00910. The molecule has 5 nitrogen and oxygen atoms in total. The molecule has 0 saturated carbocycles. The van der Waals surface area contributed by atoms with Crippen molar-refractivity contribution in [3.63, 3.8) is 0 Å². The van der Waals surface area contributed by atoms with E-state index in [2.05, 4.69) is 21.8 Å². The Morgan fingerprint density at radius 2 is 2.05 bits per heavy atom. The first-order valence-corrected chi connectivity index (χ1v) is 7.51. The van der Waals surface area contributed by atoms with Gasteiger partial charge in [-0.1, -0.05) is 0 Å². The number of thiophene rings is 1. The lowest BCUT2D eigenvalue weighted by atomic mass is 10.1. The van der Waals surface area contributed by atoms with E-state index in [0.717, 1.165) is 42.1 Å². The summed E-state index contributed by atoms with van der Waals surface area (Å²) in [4.78, 5) is 22.1. The third kappa shape index (κ3) is 2.14. The molecule has 0 aromatic carbocycles. The lowest BCUT2D eigenvalue weighted by Gasteiger charge is -2.34. The van der Waals surface area contributed by atoms with E-state index in [0.29, 0.717) is 10.6 Å². The first-order valence-electron chi connectivity index (χ1n) is 6.69. The largest absolute Gasteiger partial charge is 0.397 e. The van der Waals surface area contributed by atoms with E-state index in [1.165, 1.54) is 11.3 Å². The topological polar surface area (TPSA) is 62.5 Å². The highest BCUT2D eigenvalue weighted by atomic mass is 32.1. The van der Waals surface area contributed by atoms with E-state index in [1.54, 1.807) is 13.1 Å². The zero-order chi connectivity index (χ0) is 14.3. The molecule has 1 aliphatic rings. The number of likely N-dealkylation sites (N-methyl/N-ethyl adjacent to an activating group) is 1. The molecule has 0 aliphatic carbocycles. The van der Waals surface area contributed by atoms with E-state index in [1.807, 2.05) is 6.07 Å². The number of hydrogen-bond acceptors (Lipinski definition) is 6. The van der Waals surface area contributed by atoms with Gasteiger partial charge in [-0.2, -0.15) is 0 Å². The number of aromatic nitrogens is 1. The quantitative estimate of drug-likeness (QED) is 0.855. The van der Waals surface area contributed by atoms with Crippen molar-refractivity contribution in [3.05, 3.63) is 17.1 Å². The Morgan fingerprint density at radius 1 is 1.35 bits per heavy atom. The summed E-state index contributed by atoms with van der Waals surface area (Å²) in [6.07, 6.45) is 1.80. The maximum Gasteiger partial charge on any atom is 0.171 e. The number of hydrogen-bond donors (Lipinski definition) is 1. The van der Waals surface area contributed by atoms with Gasteiger partial charge < -0.3 is 15.5 Å². The molecule has 106 valence electrons. The summed E-state index contributed by atoms with van der Waals surface area (Å²) in [5, 5.41) is 0.937. The molecule has 0 unspecified atom stereocenters. The number of nitrogens with zero attached hydrogens (tertiary/aromatic N) is 3. The summed E-state index contributed by atoms with van der Waals surface area (Å²) >= 11 is 1.39. The molecule has 2 N–H and O–H groups in total. The molecule has 0 bridgehead atoms. The number of carbonyl (C=O) groups excluding carboxylic acids is 1. The second-order valence-corrected chi connectivity index (χ2v) is 6.20. The summed E-state index contributed by atoms with van der Waals surface area (Å²) in [5.74, 6) is 0.00910. The number of fused-ring (bicyclic) bond motifs is 1. The molecule has 6 heteroatoms. The van der Waals surface area contributed by atoms with Gasteiger partial charge in [-0.05, 0) is 13.1 Å². The minimum Gasteiger partial charge on any atom is -0.397 e. The molecule has 1 aliphatic heterocycles. The second kappa shape index (κ2) is 5.03. The maximum atomic E-state index is 11.6. The molecule has 0 spiro atoms. The second-order valence-electron chi connectivity index (χ2n) is 5.20. The van der Waals surface area contributed by atoms with Crippen molar-refractivity contribution in [2.24, 2.45) is 0 Å². The SMILES string of the molecule is CC(=O)c1sc2nccc(N3CCN(C)CC3)c2c1N. The van der Waals surface area contributed by atoms with Gasteiger partial charge in [0.25, 0.3) is 0 Å². The van der Waals surface area contributed by atoms with Gasteiger partial charge in [-0.25, -0.2) is 4.98 Å². The van der Waals surface area contributed by atoms with Crippen LogP contribution < -0.4 is 10.6 Å². The van der Waals surface area contributed by atoms with Crippen LogP contribution in [0.3, 0.4) is 0 Å². The molecule has 1 saturated heterocycles. The average molecular weight is 290 g/mol. The number of ketones is 1. The van der Waals surface area contributed by atoms with Gasteiger partial charge in [0.1, 0.15) is 4.83 Å². The summed E-state index contributed by atoms with van der Waals surface area (Å²) in [6, 6.07) is 2.00. The van der Waals surface area contributed by atoms with Crippen molar-refractivity contribution in [2.45, 2.75) is 6.92 Å². The molecular formula is C14H18N4OS. The van der Waals surface area contributed by atoms with Crippen molar-refractivity contribution in [1.29, 1.82) is 0 Å². The van der Waals surface area contributed by atoms with Crippen molar-refractivity contribution >= 4 is 38.7 Å². The molecule has 2 aromatic rings. The Hall–Kier alpha value is -1.66. The van der Waals surface area contributed by atoms with Crippen LogP contribution in [0.2, 0.25) is 0 Å². The number of pyridine rings is 1. The highest BCUT2D eigenvalue weighted by Gasteiger charge is 2.21. The fourth-order valence-corrected chi connectivity index (χ4v) is 3.58. The van der Waals surface area contributed by atoms with Gasteiger partial charge >= 0.3 is 0 Å². The third-order valence-electron chi connectivity index (χ3n) is 3.77. The summed E-state index contributed by atoms with van der Waals surface area (Å²) in [7, 11) is 2.13. The number of nitrogen functional groups attached to an aromatic ring is 1. The molecule has 3 heterocycles. The van der Waals surface area contributed by atoms with Gasteiger partial charge in [0.15, 0.2) is 5.78 Å². The highest BCUT2D eigenvalue weighted by molar-refractivity contribution is 7.21. The van der Waals surface area contributed by atoms with Gasteiger partial charge in [0, 0.05) is 39.3 Å². The van der Waals surface area contributed by atoms with Crippen LogP contribution in [0.25, 0.3) is 10.2 Å². The molecule has 0 radical (unpaired) electrons. The van der Waals surface area contributed by atoms with Crippen LogP contribution in [0.1, 0.15) is 16.6 Å². The fraction of sp³-hybridized carbons (Fsp3) is 0.429. The zero-order valence-electron chi connectivity index (χ0n) is 11.7. The van der Waals surface area contributed by atoms with Gasteiger partial charge in [0.2, 0.25) is 0 Å². The summed E-state index contributed by atoms with van der Waals surface area (Å²) < 4.78 is 0. The number of anilines is 2. The predicted octanol–water partition coefficient (Wildman–Crippen LogP) is 1.83. The van der Waals surface area contributed by atoms with Crippen LogP contribution >= 0.6 is 11.3 Å². The molecule has 0 amide bonds. The van der Waals surface area contributed by atoms with E-state index < -0.39 is 0 Å². The van der Waals surface area contributed by atoms with Crippen LogP contribution in [0.5, 0.6) is 0 Å². The number of piperazine rings is 1.